The van der Waals surface area contributed by atoms with Crippen molar-refractivity contribution in [3.63, 3.8) is 0 Å². The molecule has 1 aromatic heterocycles. The molecular weight excluding hydrogens is 355 g/mol. The van der Waals surface area contributed by atoms with Crippen LogP contribution in [-0.4, -0.2) is 22.9 Å². The standard InChI is InChI=1S/C16H18Cl2N2O2S/c1-9(2)14-16(20-15(19-14)10(3)22-5-4-21)23-13-7-11(17)6-12(18)8-13/h4,6-10H,5H2,1-3H3,(H,19,20). The molecule has 1 aromatic carbocycles. The molecule has 0 fully saturated rings. The summed E-state index contributed by atoms with van der Waals surface area (Å²) in [5.41, 5.74) is 0.947. The summed E-state index contributed by atoms with van der Waals surface area (Å²) in [7, 11) is 0. The highest BCUT2D eigenvalue weighted by molar-refractivity contribution is 7.99. The lowest BCUT2D eigenvalue weighted by molar-refractivity contribution is -0.113. The van der Waals surface area contributed by atoms with Crippen LogP contribution >= 0.6 is 35.0 Å². The first-order valence-electron chi connectivity index (χ1n) is 7.19. The van der Waals surface area contributed by atoms with Crippen LogP contribution in [0.15, 0.2) is 28.1 Å². The monoisotopic (exact) mass is 372 g/mol. The molecule has 2 rings (SSSR count). The average Bonchev–Trinajstić information content (AvgIpc) is 2.87. The second-order valence-electron chi connectivity index (χ2n) is 5.34. The third kappa shape index (κ3) is 4.98. The fourth-order valence-corrected chi connectivity index (χ4v) is 3.82. The number of nitrogens with one attached hydrogen (secondary N) is 1. The highest BCUT2D eigenvalue weighted by atomic mass is 35.5. The van der Waals surface area contributed by atoms with Gasteiger partial charge in [-0.2, -0.15) is 0 Å². The van der Waals surface area contributed by atoms with Gasteiger partial charge in [0.2, 0.25) is 0 Å². The largest absolute Gasteiger partial charge is 0.363 e. The number of carbonyl (C=O) groups excluding carboxylic acids is 1. The van der Waals surface area contributed by atoms with Crippen molar-refractivity contribution < 1.29 is 9.53 Å². The van der Waals surface area contributed by atoms with Gasteiger partial charge in [0.1, 0.15) is 29.8 Å². The predicted octanol–water partition coefficient (Wildman–Crippen LogP) is 5.27. The molecule has 23 heavy (non-hydrogen) atoms. The van der Waals surface area contributed by atoms with Crippen LogP contribution < -0.4 is 0 Å². The minimum absolute atomic E-state index is 0.0469. The molecule has 0 aliphatic carbocycles. The first-order chi connectivity index (χ1) is 10.9. The fraction of sp³-hybridized carbons (Fsp3) is 0.375. The van der Waals surface area contributed by atoms with Gasteiger partial charge in [-0.1, -0.05) is 48.8 Å². The lowest BCUT2D eigenvalue weighted by Crippen LogP contribution is -2.04. The molecule has 0 bridgehead atoms. The molecule has 0 spiro atoms. The zero-order valence-electron chi connectivity index (χ0n) is 13.1. The maximum Gasteiger partial charge on any atom is 0.145 e. The second-order valence-corrected chi connectivity index (χ2v) is 7.30. The van der Waals surface area contributed by atoms with E-state index in [1.165, 1.54) is 11.8 Å². The molecule has 0 saturated carbocycles. The van der Waals surface area contributed by atoms with E-state index in [-0.39, 0.29) is 18.6 Å². The minimum atomic E-state index is -0.282. The topological polar surface area (TPSA) is 55.0 Å². The van der Waals surface area contributed by atoms with E-state index in [0.29, 0.717) is 15.9 Å². The number of halogens is 2. The molecule has 4 nitrogen and oxygen atoms in total. The van der Waals surface area contributed by atoms with Crippen molar-refractivity contribution in [2.24, 2.45) is 0 Å². The van der Waals surface area contributed by atoms with Crippen molar-refractivity contribution in [3.8, 4) is 0 Å². The van der Waals surface area contributed by atoms with Gasteiger partial charge in [0, 0.05) is 14.9 Å². The third-order valence-electron chi connectivity index (χ3n) is 3.12. The minimum Gasteiger partial charge on any atom is -0.363 e. The lowest BCUT2D eigenvalue weighted by atomic mass is 10.2. The molecule has 1 N–H and O–H groups in total. The van der Waals surface area contributed by atoms with E-state index in [9.17, 15) is 4.79 Å². The highest BCUT2D eigenvalue weighted by Gasteiger charge is 2.18. The van der Waals surface area contributed by atoms with Crippen LogP contribution in [0.2, 0.25) is 10.0 Å². The van der Waals surface area contributed by atoms with Crippen molar-refractivity contribution >= 4 is 41.2 Å². The van der Waals surface area contributed by atoms with Crippen LogP contribution in [0.3, 0.4) is 0 Å². The Bertz CT molecular complexity index is 668. The number of rotatable bonds is 7. The van der Waals surface area contributed by atoms with Crippen LogP contribution in [-0.2, 0) is 9.53 Å². The Hall–Kier alpha value is -1.01. The second kappa shape index (κ2) is 8.20. The van der Waals surface area contributed by atoms with Crippen LogP contribution in [0.4, 0.5) is 0 Å². The van der Waals surface area contributed by atoms with E-state index < -0.39 is 0 Å². The maximum absolute atomic E-state index is 10.4. The summed E-state index contributed by atoms with van der Waals surface area (Å²) in [5, 5.41) is 2.11. The van der Waals surface area contributed by atoms with Gasteiger partial charge in [-0.25, -0.2) is 4.98 Å². The molecule has 0 radical (unpaired) electrons. The van der Waals surface area contributed by atoms with E-state index in [4.69, 9.17) is 27.9 Å². The Morgan fingerprint density at radius 1 is 1.26 bits per heavy atom. The number of hydrogen-bond donors (Lipinski definition) is 1. The third-order valence-corrected chi connectivity index (χ3v) is 4.54. The Kier molecular flexibility index (Phi) is 6.53. The van der Waals surface area contributed by atoms with E-state index >= 15 is 0 Å². The summed E-state index contributed by atoms with van der Waals surface area (Å²) < 4.78 is 5.40. The number of aromatic amines is 1. The van der Waals surface area contributed by atoms with E-state index in [1.807, 2.05) is 19.1 Å². The normalized spacial score (nSPS) is 12.6. The summed E-state index contributed by atoms with van der Waals surface area (Å²) in [6, 6.07) is 5.41. The summed E-state index contributed by atoms with van der Waals surface area (Å²) in [6.07, 6.45) is 0.446. The Morgan fingerprint density at radius 3 is 2.48 bits per heavy atom. The Labute approximate surface area is 149 Å². The van der Waals surface area contributed by atoms with Crippen LogP contribution in [0.25, 0.3) is 0 Å². The summed E-state index contributed by atoms with van der Waals surface area (Å²) in [5.74, 6) is 0.946. The van der Waals surface area contributed by atoms with E-state index in [0.717, 1.165) is 21.9 Å². The lowest BCUT2D eigenvalue weighted by Gasteiger charge is -2.07. The number of nitrogens with zero attached hydrogens (tertiary/aromatic N) is 1. The first kappa shape index (κ1) is 18.3. The van der Waals surface area contributed by atoms with Gasteiger partial charge >= 0.3 is 0 Å². The number of ether oxygens (including phenoxy) is 1. The summed E-state index contributed by atoms with van der Waals surface area (Å²) in [4.78, 5) is 19.3. The van der Waals surface area contributed by atoms with Gasteiger partial charge in [0.15, 0.2) is 0 Å². The van der Waals surface area contributed by atoms with Crippen molar-refractivity contribution in [1.82, 2.24) is 9.97 Å². The first-order valence-corrected chi connectivity index (χ1v) is 8.77. The molecular formula is C16H18Cl2N2O2S. The molecule has 0 saturated heterocycles. The van der Waals surface area contributed by atoms with Crippen LogP contribution in [0, 0.1) is 0 Å². The smallest absolute Gasteiger partial charge is 0.145 e. The van der Waals surface area contributed by atoms with E-state index in [1.54, 1.807) is 6.07 Å². The average molecular weight is 373 g/mol. The van der Waals surface area contributed by atoms with Crippen LogP contribution in [0.1, 0.15) is 44.3 Å². The van der Waals surface area contributed by atoms with Crippen molar-refractivity contribution in [3.05, 3.63) is 39.8 Å². The maximum atomic E-state index is 10.4. The van der Waals surface area contributed by atoms with Crippen LogP contribution in [0.5, 0.6) is 0 Å². The zero-order valence-corrected chi connectivity index (χ0v) is 15.4. The number of benzene rings is 1. The number of imidazole rings is 1. The van der Waals surface area contributed by atoms with Gasteiger partial charge in [0.05, 0.1) is 5.69 Å². The fourth-order valence-electron chi connectivity index (χ4n) is 2.02. The quantitative estimate of drug-likeness (QED) is 0.672. The summed E-state index contributed by atoms with van der Waals surface area (Å²) >= 11 is 13.6. The number of H-pyrrole nitrogens is 1. The van der Waals surface area contributed by atoms with E-state index in [2.05, 4.69) is 23.8 Å². The molecule has 124 valence electrons. The molecule has 2 aromatic rings. The number of aldehydes is 1. The predicted molar refractivity (Wildman–Crippen MR) is 93.7 cm³/mol. The number of aromatic nitrogens is 2. The Morgan fingerprint density at radius 2 is 1.91 bits per heavy atom. The van der Waals surface area contributed by atoms with Gasteiger partial charge in [0.25, 0.3) is 0 Å². The van der Waals surface area contributed by atoms with Gasteiger partial charge < -0.3 is 14.5 Å². The molecule has 1 unspecified atom stereocenters. The number of hydrogen-bond acceptors (Lipinski definition) is 4. The SMILES string of the molecule is CC(C)c1nc(C(C)OCC=O)[nH]c1Sc1cc(Cl)cc(Cl)c1. The molecule has 0 amide bonds. The zero-order chi connectivity index (χ0) is 17.0. The molecule has 1 atom stereocenters. The molecule has 0 aliphatic rings. The highest BCUT2D eigenvalue weighted by Crippen LogP contribution is 2.36. The Balaban J connectivity index is 2.29. The van der Waals surface area contributed by atoms with Crippen molar-refractivity contribution in [1.29, 1.82) is 0 Å². The molecule has 1 heterocycles. The molecule has 0 aliphatic heterocycles. The van der Waals surface area contributed by atoms with Gasteiger partial charge in [-0.15, -0.1) is 0 Å². The molecule has 7 heteroatoms. The van der Waals surface area contributed by atoms with Gasteiger partial charge in [-0.3, -0.25) is 0 Å². The van der Waals surface area contributed by atoms with Crippen molar-refractivity contribution in [2.75, 3.05) is 6.61 Å². The summed E-state index contributed by atoms with van der Waals surface area (Å²) in [6.45, 7) is 6.06. The number of carbonyl (C=O) groups is 1. The van der Waals surface area contributed by atoms with Gasteiger partial charge in [-0.05, 0) is 31.0 Å². The van der Waals surface area contributed by atoms with Crippen molar-refractivity contribution in [2.45, 2.75) is 42.7 Å².